The van der Waals surface area contributed by atoms with Crippen molar-refractivity contribution in [2.45, 2.75) is 6.92 Å². The molecule has 0 fully saturated rings. The van der Waals surface area contributed by atoms with Gasteiger partial charge in [0.1, 0.15) is 0 Å². The summed E-state index contributed by atoms with van der Waals surface area (Å²) in [5.41, 5.74) is 2.51. The highest BCUT2D eigenvalue weighted by atomic mass is 16.1. The van der Waals surface area contributed by atoms with Crippen LogP contribution in [-0.2, 0) is 0 Å². The summed E-state index contributed by atoms with van der Waals surface area (Å²) in [5, 5.41) is 2.95. The van der Waals surface area contributed by atoms with Crippen molar-refractivity contribution in [3.05, 3.63) is 70.8 Å². The Kier molecular flexibility index (Phi) is 2.76. The molecule has 0 aliphatic rings. The zero-order valence-corrected chi connectivity index (χ0v) is 10.5. The summed E-state index contributed by atoms with van der Waals surface area (Å²) in [4.78, 5) is 16.6. The van der Waals surface area contributed by atoms with Crippen molar-refractivity contribution in [3.63, 3.8) is 0 Å². The van der Waals surface area contributed by atoms with Crippen LogP contribution in [0.2, 0.25) is 0 Å². The van der Waals surface area contributed by atoms with Gasteiger partial charge in [-0.2, -0.15) is 0 Å². The van der Waals surface area contributed by atoms with Crippen molar-refractivity contribution in [3.8, 4) is 16.9 Å². The molecule has 0 spiro atoms. The molecule has 0 saturated heterocycles. The van der Waals surface area contributed by atoms with Crippen LogP contribution in [0.25, 0.3) is 16.9 Å². The van der Waals surface area contributed by atoms with E-state index in [2.05, 4.69) is 10.1 Å². The first-order valence-corrected chi connectivity index (χ1v) is 6.04. The van der Waals surface area contributed by atoms with Gasteiger partial charge < -0.3 is 0 Å². The van der Waals surface area contributed by atoms with Crippen molar-refractivity contribution < 1.29 is 0 Å². The van der Waals surface area contributed by atoms with Gasteiger partial charge in [0.25, 0.3) is 5.56 Å². The first-order valence-electron chi connectivity index (χ1n) is 6.04. The minimum atomic E-state index is -0.0949. The van der Waals surface area contributed by atoms with E-state index < -0.39 is 0 Å². The molecular weight excluding hydrogens is 238 g/mol. The van der Waals surface area contributed by atoms with Gasteiger partial charge in [-0.3, -0.25) is 9.89 Å². The van der Waals surface area contributed by atoms with E-state index in [0.29, 0.717) is 11.4 Å². The van der Waals surface area contributed by atoms with Crippen molar-refractivity contribution >= 4 is 0 Å². The Morgan fingerprint density at radius 1 is 1.11 bits per heavy atom. The van der Waals surface area contributed by atoms with E-state index >= 15 is 0 Å². The molecule has 0 unspecified atom stereocenters. The van der Waals surface area contributed by atoms with Crippen molar-refractivity contribution in [2.24, 2.45) is 0 Å². The average molecular weight is 251 g/mol. The first-order chi connectivity index (χ1) is 9.25. The molecule has 1 aromatic carbocycles. The fourth-order valence-electron chi connectivity index (χ4n) is 1.96. The summed E-state index contributed by atoms with van der Waals surface area (Å²) in [7, 11) is 0. The number of H-pyrrole nitrogens is 1. The molecule has 0 aliphatic carbocycles. The minimum Gasteiger partial charge on any atom is -0.296 e. The second-order valence-electron chi connectivity index (χ2n) is 4.39. The molecule has 4 nitrogen and oxygen atoms in total. The van der Waals surface area contributed by atoms with Crippen LogP contribution in [0, 0.1) is 6.92 Å². The van der Waals surface area contributed by atoms with Gasteiger partial charge in [-0.15, -0.1) is 0 Å². The summed E-state index contributed by atoms with van der Waals surface area (Å²) >= 11 is 0. The number of pyridine rings is 1. The number of hydrogen-bond donors (Lipinski definition) is 1. The highest BCUT2D eigenvalue weighted by Crippen LogP contribution is 2.14. The third-order valence-electron chi connectivity index (χ3n) is 2.98. The summed E-state index contributed by atoms with van der Waals surface area (Å²) in [6.45, 7) is 1.96. The highest BCUT2D eigenvalue weighted by Gasteiger charge is 2.09. The molecule has 0 aliphatic heterocycles. The van der Waals surface area contributed by atoms with Crippen LogP contribution in [0.1, 0.15) is 5.56 Å². The molecule has 1 N–H and O–H groups in total. The van der Waals surface area contributed by atoms with Crippen molar-refractivity contribution in [1.29, 1.82) is 0 Å². The molecule has 4 heteroatoms. The maximum atomic E-state index is 12.3. The summed E-state index contributed by atoms with van der Waals surface area (Å²) in [5.74, 6) is 0.595. The van der Waals surface area contributed by atoms with Gasteiger partial charge in [-0.25, -0.2) is 9.67 Å². The average Bonchev–Trinajstić information content (AvgIpc) is 2.83. The van der Waals surface area contributed by atoms with Gasteiger partial charge in [-0.05, 0) is 24.1 Å². The SMILES string of the molecule is Cc1ccc(-n2[nH]cc(-c3ccccc3)c2=O)nc1. The van der Waals surface area contributed by atoms with Gasteiger partial charge in [-0.1, -0.05) is 36.4 Å². The topological polar surface area (TPSA) is 50.7 Å². The molecule has 3 rings (SSSR count). The van der Waals surface area contributed by atoms with Crippen molar-refractivity contribution in [2.75, 3.05) is 0 Å². The molecule has 0 amide bonds. The Labute approximate surface area is 110 Å². The molecule has 2 heterocycles. The monoisotopic (exact) mass is 251 g/mol. The minimum absolute atomic E-state index is 0.0949. The van der Waals surface area contributed by atoms with E-state index in [0.717, 1.165) is 11.1 Å². The predicted octanol–water partition coefficient (Wildman–Crippen LogP) is 2.54. The number of hydrogen-bond acceptors (Lipinski definition) is 2. The van der Waals surface area contributed by atoms with Gasteiger partial charge in [0.05, 0.1) is 5.56 Å². The van der Waals surface area contributed by atoms with E-state index in [9.17, 15) is 4.79 Å². The maximum Gasteiger partial charge on any atom is 0.280 e. The number of aromatic nitrogens is 3. The molecule has 94 valence electrons. The zero-order valence-electron chi connectivity index (χ0n) is 10.5. The van der Waals surface area contributed by atoms with Crippen LogP contribution in [0.5, 0.6) is 0 Å². The first kappa shape index (κ1) is 11.5. The second-order valence-corrected chi connectivity index (χ2v) is 4.39. The normalized spacial score (nSPS) is 10.6. The van der Waals surface area contributed by atoms with Gasteiger partial charge in [0.15, 0.2) is 5.82 Å². The lowest BCUT2D eigenvalue weighted by Crippen LogP contribution is -2.16. The van der Waals surface area contributed by atoms with Crippen LogP contribution in [-0.4, -0.2) is 14.8 Å². The van der Waals surface area contributed by atoms with E-state index in [4.69, 9.17) is 0 Å². The Bertz CT molecular complexity index is 739. The smallest absolute Gasteiger partial charge is 0.280 e. The van der Waals surface area contributed by atoms with Gasteiger partial charge >= 0.3 is 0 Å². The lowest BCUT2D eigenvalue weighted by Gasteiger charge is -2.00. The van der Waals surface area contributed by atoms with Crippen molar-refractivity contribution in [1.82, 2.24) is 14.8 Å². The lowest BCUT2D eigenvalue weighted by molar-refractivity contribution is 0.818. The Hall–Kier alpha value is -2.62. The largest absolute Gasteiger partial charge is 0.296 e. The molecule has 3 aromatic rings. The van der Waals surface area contributed by atoms with E-state index in [1.165, 1.54) is 4.68 Å². The summed E-state index contributed by atoms with van der Waals surface area (Å²) < 4.78 is 1.45. The number of rotatable bonds is 2. The van der Waals surface area contributed by atoms with Crippen LogP contribution in [0.3, 0.4) is 0 Å². The number of nitrogens with zero attached hydrogens (tertiary/aromatic N) is 2. The van der Waals surface area contributed by atoms with E-state index in [1.54, 1.807) is 12.4 Å². The Morgan fingerprint density at radius 3 is 2.58 bits per heavy atom. The lowest BCUT2D eigenvalue weighted by atomic mass is 10.1. The van der Waals surface area contributed by atoms with E-state index in [1.807, 2.05) is 49.4 Å². The molecule has 0 saturated carbocycles. The fraction of sp³-hybridized carbons (Fsp3) is 0.0667. The quantitative estimate of drug-likeness (QED) is 0.761. The summed E-state index contributed by atoms with van der Waals surface area (Å²) in [6.07, 6.45) is 3.45. The zero-order chi connectivity index (χ0) is 13.2. The molecule has 2 aromatic heterocycles. The maximum absolute atomic E-state index is 12.3. The highest BCUT2D eigenvalue weighted by molar-refractivity contribution is 5.61. The Morgan fingerprint density at radius 2 is 1.89 bits per heavy atom. The second kappa shape index (κ2) is 4.57. The standard InChI is InChI=1S/C15H13N3O/c1-11-7-8-14(16-9-11)18-15(19)13(10-17-18)12-5-3-2-4-6-12/h2-10,17H,1H3. The van der Waals surface area contributed by atoms with Crippen LogP contribution in [0.15, 0.2) is 59.7 Å². The van der Waals surface area contributed by atoms with Crippen LogP contribution in [0.4, 0.5) is 0 Å². The number of benzene rings is 1. The molecular formula is C15H13N3O. The molecule has 0 atom stereocenters. The summed E-state index contributed by atoms with van der Waals surface area (Å²) in [6, 6.07) is 13.3. The van der Waals surface area contributed by atoms with Crippen LogP contribution >= 0.6 is 0 Å². The fourth-order valence-corrected chi connectivity index (χ4v) is 1.96. The third-order valence-corrected chi connectivity index (χ3v) is 2.98. The van der Waals surface area contributed by atoms with Gasteiger partial charge in [0, 0.05) is 12.4 Å². The molecule has 19 heavy (non-hydrogen) atoms. The molecule has 0 bridgehead atoms. The predicted molar refractivity (Wildman–Crippen MR) is 74.4 cm³/mol. The van der Waals surface area contributed by atoms with Gasteiger partial charge in [0.2, 0.25) is 0 Å². The third kappa shape index (κ3) is 2.08. The number of aryl methyl sites for hydroxylation is 1. The molecule has 0 radical (unpaired) electrons. The van der Waals surface area contributed by atoms with Crippen LogP contribution < -0.4 is 5.56 Å². The Balaban J connectivity index is 2.09. The van der Waals surface area contributed by atoms with E-state index in [-0.39, 0.29) is 5.56 Å². The number of nitrogens with one attached hydrogen (secondary N) is 1. The number of aromatic amines is 1.